The highest BCUT2D eigenvalue weighted by molar-refractivity contribution is 7.91. The molecule has 1 spiro atoms. The number of sulfonamides is 1. The smallest absolute Gasteiger partial charge is 0.270 e. The summed E-state index contributed by atoms with van der Waals surface area (Å²) in [6.07, 6.45) is 5.76. The van der Waals surface area contributed by atoms with Gasteiger partial charge in [0.15, 0.2) is 0 Å². The largest absolute Gasteiger partial charge is 0.487 e. The molecule has 30 heavy (non-hydrogen) atoms. The lowest BCUT2D eigenvalue weighted by atomic mass is 9.77. The first kappa shape index (κ1) is 21.2. The SMILES string of the molecule is CC(C)C(=O)Nc1nnc(S(=O)(=O)N[C@H]2CC3(CCCCC3)Oc3ccccc32)s1. The Hall–Kier alpha value is -2.04. The molecule has 4 rings (SSSR count). The quantitative estimate of drug-likeness (QED) is 0.673. The van der Waals surface area contributed by atoms with Crippen LogP contribution in [0.15, 0.2) is 28.6 Å². The molecule has 2 aromatic rings. The third kappa shape index (κ3) is 4.35. The van der Waals surface area contributed by atoms with Gasteiger partial charge in [-0.2, -0.15) is 0 Å². The first-order chi connectivity index (χ1) is 14.3. The van der Waals surface area contributed by atoms with Crippen LogP contribution < -0.4 is 14.8 Å². The van der Waals surface area contributed by atoms with Crippen molar-refractivity contribution in [2.24, 2.45) is 5.92 Å². The van der Waals surface area contributed by atoms with Gasteiger partial charge in [0.05, 0.1) is 6.04 Å². The molecule has 1 aromatic heterocycles. The average molecular weight is 451 g/mol. The number of ether oxygens (including phenoxy) is 1. The normalized spacial score (nSPS) is 20.6. The van der Waals surface area contributed by atoms with Crippen LogP contribution in [0, 0.1) is 5.92 Å². The van der Waals surface area contributed by atoms with Crippen molar-refractivity contribution in [2.75, 3.05) is 5.32 Å². The minimum Gasteiger partial charge on any atom is -0.487 e. The number of aromatic nitrogens is 2. The van der Waals surface area contributed by atoms with E-state index >= 15 is 0 Å². The molecule has 2 heterocycles. The second-order valence-electron chi connectivity index (χ2n) is 8.28. The molecule has 1 amide bonds. The van der Waals surface area contributed by atoms with Crippen LogP contribution in [0.25, 0.3) is 0 Å². The molecule has 2 N–H and O–H groups in total. The van der Waals surface area contributed by atoms with E-state index in [1.165, 1.54) is 6.42 Å². The van der Waals surface area contributed by atoms with Crippen LogP contribution in [0.5, 0.6) is 5.75 Å². The minimum absolute atomic E-state index is 0.164. The summed E-state index contributed by atoms with van der Waals surface area (Å²) in [6.45, 7) is 3.50. The van der Waals surface area contributed by atoms with Gasteiger partial charge in [0.25, 0.3) is 10.0 Å². The summed E-state index contributed by atoms with van der Waals surface area (Å²) in [4.78, 5) is 11.8. The molecule has 0 saturated heterocycles. The topological polar surface area (TPSA) is 110 Å². The molecule has 2 aliphatic rings. The van der Waals surface area contributed by atoms with Crippen LogP contribution in [0.1, 0.15) is 64.0 Å². The summed E-state index contributed by atoms with van der Waals surface area (Å²) in [5.74, 6) is 0.263. The van der Waals surface area contributed by atoms with E-state index in [0.29, 0.717) is 6.42 Å². The van der Waals surface area contributed by atoms with E-state index < -0.39 is 16.1 Å². The molecule has 0 radical (unpaired) electrons. The highest BCUT2D eigenvalue weighted by Gasteiger charge is 2.43. The molecule has 1 saturated carbocycles. The van der Waals surface area contributed by atoms with Gasteiger partial charge in [-0.3, -0.25) is 4.79 Å². The van der Waals surface area contributed by atoms with Crippen molar-refractivity contribution in [1.29, 1.82) is 0 Å². The monoisotopic (exact) mass is 450 g/mol. The number of carbonyl (C=O) groups is 1. The van der Waals surface area contributed by atoms with Crippen LogP contribution in [0.4, 0.5) is 5.13 Å². The van der Waals surface area contributed by atoms with Gasteiger partial charge in [-0.05, 0) is 31.7 Å². The van der Waals surface area contributed by atoms with Gasteiger partial charge in [0.1, 0.15) is 11.4 Å². The summed E-state index contributed by atoms with van der Waals surface area (Å²) < 4.78 is 35.1. The van der Waals surface area contributed by atoms with E-state index in [9.17, 15) is 13.2 Å². The maximum Gasteiger partial charge on any atom is 0.270 e. The second-order valence-corrected chi connectivity index (χ2v) is 11.1. The van der Waals surface area contributed by atoms with Crippen molar-refractivity contribution in [3.8, 4) is 5.75 Å². The number of amides is 1. The number of hydrogen-bond acceptors (Lipinski definition) is 7. The Morgan fingerprint density at radius 3 is 2.67 bits per heavy atom. The third-order valence-corrected chi connectivity index (χ3v) is 8.33. The summed E-state index contributed by atoms with van der Waals surface area (Å²) in [5, 5.41) is 10.4. The van der Waals surface area contributed by atoms with E-state index in [0.717, 1.165) is 48.3 Å². The number of carbonyl (C=O) groups excluding carboxylic acids is 1. The lowest BCUT2D eigenvalue weighted by Crippen LogP contribution is -2.46. The van der Waals surface area contributed by atoms with Crippen molar-refractivity contribution in [3.05, 3.63) is 29.8 Å². The van der Waals surface area contributed by atoms with E-state index in [1.54, 1.807) is 13.8 Å². The van der Waals surface area contributed by atoms with Crippen molar-refractivity contribution < 1.29 is 17.9 Å². The molecule has 1 atom stereocenters. The van der Waals surface area contributed by atoms with Crippen LogP contribution in [0.3, 0.4) is 0 Å². The Balaban J connectivity index is 1.57. The average Bonchev–Trinajstić information content (AvgIpc) is 3.18. The van der Waals surface area contributed by atoms with Crippen LogP contribution >= 0.6 is 11.3 Å². The van der Waals surface area contributed by atoms with E-state index in [-0.39, 0.29) is 26.9 Å². The molecule has 1 aliphatic carbocycles. The zero-order valence-corrected chi connectivity index (χ0v) is 18.7. The predicted molar refractivity (Wildman–Crippen MR) is 114 cm³/mol. The van der Waals surface area contributed by atoms with Crippen molar-refractivity contribution in [1.82, 2.24) is 14.9 Å². The van der Waals surface area contributed by atoms with E-state index in [1.807, 2.05) is 24.3 Å². The first-order valence-electron chi connectivity index (χ1n) is 10.2. The fraction of sp³-hybridized carbons (Fsp3) is 0.550. The van der Waals surface area contributed by atoms with Gasteiger partial charge in [-0.1, -0.05) is 49.8 Å². The van der Waals surface area contributed by atoms with E-state index in [2.05, 4.69) is 20.2 Å². The molecule has 1 aromatic carbocycles. The van der Waals surface area contributed by atoms with Gasteiger partial charge in [0, 0.05) is 17.9 Å². The molecular weight excluding hydrogens is 424 g/mol. The van der Waals surface area contributed by atoms with Crippen molar-refractivity contribution in [2.45, 2.75) is 68.4 Å². The lowest BCUT2D eigenvalue weighted by Gasteiger charge is -2.44. The standard InChI is InChI=1S/C20H26N4O4S2/c1-13(2)17(25)21-18-22-23-19(29-18)30(26,27)24-15-12-20(10-6-3-7-11-20)28-16-9-5-4-8-14(15)16/h4-5,8-9,13,15,24H,3,6-7,10-12H2,1-2H3,(H,21,22,25)/t15-/m0/s1. The second kappa shape index (κ2) is 8.24. The minimum atomic E-state index is -3.91. The van der Waals surface area contributed by atoms with Crippen LogP contribution in [0.2, 0.25) is 0 Å². The number of para-hydroxylation sites is 1. The fourth-order valence-electron chi connectivity index (χ4n) is 4.08. The number of rotatable bonds is 5. The molecular formula is C20H26N4O4S2. The molecule has 162 valence electrons. The number of anilines is 1. The first-order valence-corrected chi connectivity index (χ1v) is 12.5. The number of benzene rings is 1. The van der Waals surface area contributed by atoms with Gasteiger partial charge in [-0.15, -0.1) is 10.2 Å². The number of nitrogens with zero attached hydrogens (tertiary/aromatic N) is 2. The van der Waals surface area contributed by atoms with Gasteiger partial charge >= 0.3 is 0 Å². The predicted octanol–water partition coefficient (Wildman–Crippen LogP) is 3.64. The Labute approximate surface area is 180 Å². The Bertz CT molecular complexity index is 1030. The summed E-state index contributed by atoms with van der Waals surface area (Å²) in [6, 6.07) is 7.17. The Morgan fingerprint density at radius 1 is 1.20 bits per heavy atom. The number of fused-ring (bicyclic) bond motifs is 1. The summed E-state index contributed by atoms with van der Waals surface area (Å²) in [5.41, 5.74) is 0.493. The molecule has 1 aliphatic heterocycles. The van der Waals surface area contributed by atoms with Crippen molar-refractivity contribution in [3.63, 3.8) is 0 Å². The van der Waals surface area contributed by atoms with Crippen LogP contribution in [-0.4, -0.2) is 30.1 Å². The summed E-state index contributed by atoms with van der Waals surface area (Å²) in [7, 11) is -3.91. The molecule has 0 bridgehead atoms. The maximum absolute atomic E-state index is 13.1. The molecule has 10 heteroatoms. The third-order valence-electron chi connectivity index (χ3n) is 5.65. The number of hydrogen-bond donors (Lipinski definition) is 2. The molecule has 1 fully saturated rings. The van der Waals surface area contributed by atoms with Crippen LogP contribution in [-0.2, 0) is 14.8 Å². The Morgan fingerprint density at radius 2 is 1.93 bits per heavy atom. The fourth-order valence-corrected chi connectivity index (χ4v) is 6.22. The summed E-state index contributed by atoms with van der Waals surface area (Å²) >= 11 is 0.847. The lowest BCUT2D eigenvalue weighted by molar-refractivity contribution is -0.118. The zero-order chi connectivity index (χ0) is 21.4. The molecule has 0 unspecified atom stereocenters. The Kier molecular flexibility index (Phi) is 5.82. The number of nitrogens with one attached hydrogen (secondary N) is 2. The van der Waals surface area contributed by atoms with Gasteiger partial charge in [0.2, 0.25) is 15.4 Å². The highest BCUT2D eigenvalue weighted by Crippen LogP contribution is 2.46. The van der Waals surface area contributed by atoms with Gasteiger partial charge in [-0.25, -0.2) is 13.1 Å². The zero-order valence-electron chi connectivity index (χ0n) is 17.1. The highest BCUT2D eigenvalue weighted by atomic mass is 32.2. The molecule has 8 nitrogen and oxygen atoms in total. The van der Waals surface area contributed by atoms with Gasteiger partial charge < -0.3 is 10.1 Å². The maximum atomic E-state index is 13.1. The van der Waals surface area contributed by atoms with E-state index in [4.69, 9.17) is 4.74 Å². The van der Waals surface area contributed by atoms with Crippen molar-refractivity contribution >= 4 is 32.4 Å².